The molecule has 2 aromatic rings. The first-order chi connectivity index (χ1) is 17.4. The van der Waals surface area contributed by atoms with E-state index in [1.54, 1.807) is 6.07 Å². The van der Waals surface area contributed by atoms with Crippen molar-refractivity contribution in [3.63, 3.8) is 0 Å². The Labute approximate surface area is 217 Å². The number of piperidine rings is 1. The smallest absolute Gasteiger partial charge is 0.169 e. The number of likely N-dealkylation sites (tertiary alicyclic amines) is 1. The van der Waals surface area contributed by atoms with Gasteiger partial charge in [0.1, 0.15) is 5.75 Å². The quantitative estimate of drug-likeness (QED) is 0.361. The summed E-state index contributed by atoms with van der Waals surface area (Å²) in [6.07, 6.45) is 9.08. The average Bonchev–Trinajstić information content (AvgIpc) is 2.83. The van der Waals surface area contributed by atoms with Gasteiger partial charge in [-0.3, -0.25) is 0 Å². The lowest BCUT2D eigenvalue weighted by atomic mass is 9.72. The van der Waals surface area contributed by atoms with Gasteiger partial charge >= 0.3 is 0 Å². The van der Waals surface area contributed by atoms with E-state index in [9.17, 15) is 5.11 Å². The summed E-state index contributed by atoms with van der Waals surface area (Å²) < 4.78 is 0. The molecule has 2 fully saturated rings. The summed E-state index contributed by atoms with van der Waals surface area (Å²) >= 11 is 0. The van der Waals surface area contributed by atoms with E-state index in [2.05, 4.69) is 46.1 Å². The van der Waals surface area contributed by atoms with E-state index in [0.29, 0.717) is 23.0 Å². The van der Waals surface area contributed by atoms with Crippen LogP contribution in [0.2, 0.25) is 0 Å². The second-order valence-corrected chi connectivity index (χ2v) is 11.4. The Bertz CT molecular complexity index is 968. The Kier molecular flexibility index (Phi) is 9.07. The number of phenols is 1. The van der Waals surface area contributed by atoms with Crippen molar-refractivity contribution < 1.29 is 5.11 Å². The minimum atomic E-state index is 0.139. The molecule has 0 unspecified atom stereocenters. The summed E-state index contributed by atoms with van der Waals surface area (Å²) in [5.74, 6) is 1.32. The SMILES string of the molecule is CCCCNCCN(CC(C)(C)C1CCN(C2CCC2)CC1)c1cc(-c2ccccc2O)nnc1N. The molecule has 4 rings (SSSR count). The van der Waals surface area contributed by atoms with Crippen molar-refractivity contribution in [1.29, 1.82) is 0 Å². The predicted octanol–water partition coefficient (Wildman–Crippen LogP) is 4.92. The summed E-state index contributed by atoms with van der Waals surface area (Å²) in [4.78, 5) is 5.12. The summed E-state index contributed by atoms with van der Waals surface area (Å²) in [6.45, 7) is 13.2. The van der Waals surface area contributed by atoms with Crippen molar-refractivity contribution in [2.45, 2.75) is 71.8 Å². The van der Waals surface area contributed by atoms with Gasteiger partial charge in [-0.15, -0.1) is 10.2 Å². The lowest BCUT2D eigenvalue weighted by Crippen LogP contribution is -2.49. The van der Waals surface area contributed by atoms with E-state index in [0.717, 1.165) is 37.9 Å². The first kappa shape index (κ1) is 26.7. The molecule has 1 aliphatic heterocycles. The molecule has 0 spiro atoms. The fourth-order valence-electron chi connectivity index (χ4n) is 5.81. The number of rotatable bonds is 12. The van der Waals surface area contributed by atoms with Crippen LogP contribution in [-0.4, -0.2) is 65.5 Å². The fraction of sp³-hybridized carbons (Fsp3) is 0.655. The van der Waals surface area contributed by atoms with Crippen molar-refractivity contribution in [2.24, 2.45) is 11.3 Å². The van der Waals surface area contributed by atoms with Gasteiger partial charge in [0.25, 0.3) is 0 Å². The largest absolute Gasteiger partial charge is 0.507 e. The Morgan fingerprint density at radius 3 is 2.53 bits per heavy atom. The maximum atomic E-state index is 10.4. The maximum Gasteiger partial charge on any atom is 0.169 e. The van der Waals surface area contributed by atoms with Gasteiger partial charge in [-0.05, 0) is 81.3 Å². The summed E-state index contributed by atoms with van der Waals surface area (Å²) in [5.41, 5.74) is 8.79. The van der Waals surface area contributed by atoms with E-state index < -0.39 is 0 Å². The number of aromatic hydroxyl groups is 1. The maximum absolute atomic E-state index is 10.4. The zero-order valence-electron chi connectivity index (χ0n) is 22.5. The van der Waals surface area contributed by atoms with Gasteiger partial charge in [0.05, 0.1) is 11.4 Å². The molecule has 0 atom stereocenters. The topological polar surface area (TPSA) is 90.5 Å². The van der Waals surface area contributed by atoms with E-state index in [1.165, 1.54) is 58.0 Å². The molecule has 7 nitrogen and oxygen atoms in total. The van der Waals surface area contributed by atoms with Crippen LogP contribution in [-0.2, 0) is 0 Å². The zero-order valence-corrected chi connectivity index (χ0v) is 22.5. The fourth-order valence-corrected chi connectivity index (χ4v) is 5.81. The molecule has 198 valence electrons. The number of nitrogens with two attached hydrogens (primary N) is 1. The van der Waals surface area contributed by atoms with Crippen LogP contribution in [0.15, 0.2) is 30.3 Å². The Hall–Kier alpha value is -2.38. The monoisotopic (exact) mass is 494 g/mol. The number of hydrogen-bond donors (Lipinski definition) is 3. The molecule has 1 aliphatic carbocycles. The van der Waals surface area contributed by atoms with Gasteiger partial charge in [0, 0.05) is 31.2 Å². The molecule has 1 saturated carbocycles. The number of phenolic OH excluding ortho intramolecular Hbond substituents is 1. The van der Waals surface area contributed by atoms with E-state index >= 15 is 0 Å². The van der Waals surface area contributed by atoms with Crippen LogP contribution in [0, 0.1) is 11.3 Å². The molecule has 1 saturated heterocycles. The molecular formula is C29H46N6O. The number of nitrogens with one attached hydrogen (secondary N) is 1. The molecule has 1 aromatic heterocycles. The Morgan fingerprint density at radius 2 is 1.86 bits per heavy atom. The summed E-state index contributed by atoms with van der Waals surface area (Å²) in [6, 6.07) is 10.1. The van der Waals surface area contributed by atoms with Gasteiger partial charge in [0.15, 0.2) is 5.82 Å². The van der Waals surface area contributed by atoms with Crippen molar-refractivity contribution in [3.05, 3.63) is 30.3 Å². The van der Waals surface area contributed by atoms with Crippen LogP contribution in [0.4, 0.5) is 11.5 Å². The van der Waals surface area contributed by atoms with Crippen LogP contribution in [0.25, 0.3) is 11.3 Å². The third kappa shape index (κ3) is 6.48. The highest BCUT2D eigenvalue weighted by atomic mass is 16.3. The van der Waals surface area contributed by atoms with Crippen LogP contribution < -0.4 is 16.0 Å². The lowest BCUT2D eigenvalue weighted by molar-refractivity contribution is 0.0496. The number of aromatic nitrogens is 2. The number of para-hydroxylation sites is 1. The second-order valence-electron chi connectivity index (χ2n) is 11.4. The van der Waals surface area contributed by atoms with Crippen LogP contribution in [0.5, 0.6) is 5.75 Å². The molecule has 0 bridgehead atoms. The van der Waals surface area contributed by atoms with Crippen LogP contribution in [0.1, 0.15) is 65.7 Å². The van der Waals surface area contributed by atoms with Gasteiger partial charge < -0.3 is 26.0 Å². The van der Waals surface area contributed by atoms with Crippen molar-refractivity contribution in [1.82, 2.24) is 20.4 Å². The third-order valence-corrected chi connectivity index (χ3v) is 8.41. The molecule has 7 heteroatoms. The highest BCUT2D eigenvalue weighted by Gasteiger charge is 2.37. The molecule has 0 radical (unpaired) electrons. The van der Waals surface area contributed by atoms with Crippen molar-refractivity contribution >= 4 is 11.5 Å². The zero-order chi connectivity index (χ0) is 25.5. The standard InChI is InChI=1S/C29H46N6O/c1-4-5-15-31-16-19-35(21-29(2,3)22-13-17-34(18-14-22)23-9-8-10-23)26-20-25(32-33-28(26)30)24-11-6-7-12-27(24)36/h6-7,11-12,20,22-23,31,36H,4-5,8-10,13-19,21H2,1-3H3,(H2,30,33). The lowest BCUT2D eigenvalue weighted by Gasteiger charge is -2.47. The van der Waals surface area contributed by atoms with Gasteiger partial charge in [-0.1, -0.05) is 45.7 Å². The highest BCUT2D eigenvalue weighted by molar-refractivity contribution is 5.74. The summed E-state index contributed by atoms with van der Waals surface area (Å²) in [7, 11) is 0. The Balaban J connectivity index is 1.51. The molecule has 1 aromatic carbocycles. The number of anilines is 2. The second kappa shape index (κ2) is 12.2. The minimum absolute atomic E-state index is 0.139. The Morgan fingerprint density at radius 1 is 1.11 bits per heavy atom. The van der Waals surface area contributed by atoms with Gasteiger partial charge in [-0.2, -0.15) is 0 Å². The van der Waals surface area contributed by atoms with Crippen LogP contribution in [0.3, 0.4) is 0 Å². The number of nitrogen functional groups attached to an aromatic ring is 1. The van der Waals surface area contributed by atoms with E-state index in [-0.39, 0.29) is 11.2 Å². The molecule has 2 aliphatic rings. The summed E-state index contributed by atoms with van der Waals surface area (Å²) in [5, 5.41) is 22.6. The molecule has 36 heavy (non-hydrogen) atoms. The van der Waals surface area contributed by atoms with E-state index in [4.69, 9.17) is 5.73 Å². The van der Waals surface area contributed by atoms with Gasteiger partial charge in [0.2, 0.25) is 0 Å². The first-order valence-corrected chi connectivity index (χ1v) is 14.0. The molecule has 0 amide bonds. The molecular weight excluding hydrogens is 448 g/mol. The molecule has 4 N–H and O–H groups in total. The number of hydrogen-bond acceptors (Lipinski definition) is 7. The van der Waals surface area contributed by atoms with Crippen LogP contribution >= 0.6 is 0 Å². The average molecular weight is 495 g/mol. The van der Waals surface area contributed by atoms with Crippen molar-refractivity contribution in [2.75, 3.05) is 49.9 Å². The third-order valence-electron chi connectivity index (χ3n) is 8.41. The number of nitrogens with zero attached hydrogens (tertiary/aromatic N) is 4. The van der Waals surface area contributed by atoms with Gasteiger partial charge in [-0.25, -0.2) is 0 Å². The molecule has 2 heterocycles. The number of unbranched alkanes of at least 4 members (excludes halogenated alkanes) is 1. The van der Waals surface area contributed by atoms with Crippen molar-refractivity contribution in [3.8, 4) is 17.0 Å². The highest BCUT2D eigenvalue weighted by Crippen LogP contribution is 2.40. The number of benzene rings is 1. The minimum Gasteiger partial charge on any atom is -0.507 e. The first-order valence-electron chi connectivity index (χ1n) is 14.0. The predicted molar refractivity (Wildman–Crippen MR) is 149 cm³/mol. The normalized spacial score (nSPS) is 17.8. The van der Waals surface area contributed by atoms with E-state index in [1.807, 2.05) is 24.3 Å².